The molecule has 6 heteroatoms. The van der Waals surface area contributed by atoms with Gasteiger partial charge in [-0.15, -0.1) is 0 Å². The van der Waals surface area contributed by atoms with Gasteiger partial charge in [0, 0.05) is 36.1 Å². The molecule has 2 aromatic carbocycles. The van der Waals surface area contributed by atoms with E-state index < -0.39 is 0 Å². The van der Waals surface area contributed by atoms with E-state index in [1.165, 1.54) is 16.7 Å². The van der Waals surface area contributed by atoms with Gasteiger partial charge in [-0.3, -0.25) is 9.69 Å². The maximum atomic E-state index is 12.9. The molecule has 0 aliphatic carbocycles. The van der Waals surface area contributed by atoms with E-state index >= 15 is 0 Å². The van der Waals surface area contributed by atoms with Crippen LogP contribution in [0.4, 0.5) is 5.69 Å². The molecule has 2 aromatic heterocycles. The van der Waals surface area contributed by atoms with E-state index in [0.29, 0.717) is 0 Å². The Morgan fingerprint density at radius 2 is 1.71 bits per heavy atom. The summed E-state index contributed by atoms with van der Waals surface area (Å²) < 4.78 is 4.12. The minimum absolute atomic E-state index is 0.0498. The Bertz CT molecular complexity index is 1250. The molecule has 5 rings (SSSR count). The maximum absolute atomic E-state index is 12.9. The number of nitrogens with zero attached hydrogens (tertiary/aromatic N) is 4. The van der Waals surface area contributed by atoms with Gasteiger partial charge in [0.05, 0.1) is 11.9 Å². The number of benzene rings is 2. The fourth-order valence-corrected chi connectivity index (χ4v) is 4.65. The third kappa shape index (κ3) is 4.68. The highest BCUT2D eigenvalue weighted by atomic mass is 16.1. The summed E-state index contributed by atoms with van der Waals surface area (Å²) in [5.41, 5.74) is 5.54. The minimum atomic E-state index is 0.0498. The average molecular weight is 454 g/mol. The summed E-state index contributed by atoms with van der Waals surface area (Å²) in [6.07, 6.45) is 7.82. The molecule has 0 bridgehead atoms. The van der Waals surface area contributed by atoms with Gasteiger partial charge in [-0.25, -0.2) is 4.68 Å². The predicted octanol–water partition coefficient (Wildman–Crippen LogP) is 5.13. The Balaban J connectivity index is 1.26. The molecule has 0 radical (unpaired) electrons. The molecule has 0 unspecified atom stereocenters. The summed E-state index contributed by atoms with van der Waals surface area (Å²) in [7, 11) is 0. The molecule has 34 heavy (non-hydrogen) atoms. The molecular formula is C28H31N5O. The molecule has 1 aliphatic rings. The standard InChI is InChI=1S/C28H31N5O/c1-21-10-11-25(18-22(21)2)30-27(34)23-12-16-31(17-13-23)20-24-19-29-33(26-8-4-3-5-9-26)28(24)32-14-6-7-15-32/h3-11,14-15,18-19,23H,12-13,16-17,20H2,1-2H3,(H,30,34). The molecule has 3 heterocycles. The number of piperidine rings is 1. The monoisotopic (exact) mass is 453 g/mol. The Morgan fingerprint density at radius 1 is 0.971 bits per heavy atom. The van der Waals surface area contributed by atoms with E-state index in [-0.39, 0.29) is 11.8 Å². The smallest absolute Gasteiger partial charge is 0.227 e. The lowest BCUT2D eigenvalue weighted by Gasteiger charge is -2.31. The molecule has 1 N–H and O–H groups in total. The first-order chi connectivity index (χ1) is 16.6. The van der Waals surface area contributed by atoms with Crippen molar-refractivity contribution in [1.82, 2.24) is 19.2 Å². The summed E-state index contributed by atoms with van der Waals surface area (Å²) in [5, 5.41) is 7.84. The molecule has 1 aliphatic heterocycles. The fraction of sp³-hybridized carbons (Fsp3) is 0.286. The number of anilines is 1. The number of rotatable bonds is 6. The molecule has 0 spiro atoms. The van der Waals surface area contributed by atoms with Crippen LogP contribution in [-0.4, -0.2) is 38.2 Å². The Morgan fingerprint density at radius 3 is 2.41 bits per heavy atom. The van der Waals surface area contributed by atoms with E-state index in [4.69, 9.17) is 5.10 Å². The number of carbonyl (C=O) groups is 1. The number of amides is 1. The number of para-hydroxylation sites is 1. The van der Waals surface area contributed by atoms with Crippen LogP contribution < -0.4 is 5.32 Å². The molecule has 1 fully saturated rings. The first-order valence-corrected chi connectivity index (χ1v) is 11.9. The van der Waals surface area contributed by atoms with E-state index in [1.807, 2.05) is 47.3 Å². The second-order valence-electron chi connectivity index (χ2n) is 9.17. The zero-order valence-electron chi connectivity index (χ0n) is 19.8. The summed E-state index contributed by atoms with van der Waals surface area (Å²) in [6.45, 7) is 6.76. The topological polar surface area (TPSA) is 55.1 Å². The largest absolute Gasteiger partial charge is 0.326 e. The first kappa shape index (κ1) is 22.2. The highest BCUT2D eigenvalue weighted by Gasteiger charge is 2.26. The third-order valence-electron chi connectivity index (χ3n) is 6.79. The molecular weight excluding hydrogens is 422 g/mol. The quantitative estimate of drug-likeness (QED) is 0.440. The lowest BCUT2D eigenvalue weighted by molar-refractivity contribution is -0.121. The van der Waals surface area contributed by atoms with Crippen molar-refractivity contribution >= 4 is 11.6 Å². The predicted molar refractivity (Wildman–Crippen MR) is 135 cm³/mol. The van der Waals surface area contributed by atoms with Crippen LogP contribution in [0.25, 0.3) is 11.5 Å². The van der Waals surface area contributed by atoms with Crippen LogP contribution in [0.1, 0.15) is 29.5 Å². The second-order valence-corrected chi connectivity index (χ2v) is 9.17. The van der Waals surface area contributed by atoms with Crippen LogP contribution in [-0.2, 0) is 11.3 Å². The minimum Gasteiger partial charge on any atom is -0.326 e. The van der Waals surface area contributed by atoms with Crippen molar-refractivity contribution in [3.8, 4) is 11.5 Å². The van der Waals surface area contributed by atoms with E-state index in [1.54, 1.807) is 0 Å². The SMILES string of the molecule is Cc1ccc(NC(=O)C2CCN(Cc3cnn(-c4ccccc4)c3-n3cccc3)CC2)cc1C. The zero-order chi connectivity index (χ0) is 23.5. The summed E-state index contributed by atoms with van der Waals surface area (Å²) >= 11 is 0. The third-order valence-corrected chi connectivity index (χ3v) is 6.79. The van der Waals surface area contributed by atoms with Crippen molar-refractivity contribution in [2.45, 2.75) is 33.2 Å². The van der Waals surface area contributed by atoms with Crippen molar-refractivity contribution in [3.63, 3.8) is 0 Å². The van der Waals surface area contributed by atoms with Gasteiger partial charge in [-0.05, 0) is 87.3 Å². The van der Waals surface area contributed by atoms with Crippen molar-refractivity contribution in [2.24, 2.45) is 5.92 Å². The van der Waals surface area contributed by atoms with Gasteiger partial charge in [0.1, 0.15) is 5.82 Å². The highest BCUT2D eigenvalue weighted by Crippen LogP contribution is 2.25. The average Bonchev–Trinajstić information content (AvgIpc) is 3.52. The number of carbonyl (C=O) groups excluding carboxylic acids is 1. The Hall–Kier alpha value is -3.64. The number of aromatic nitrogens is 3. The van der Waals surface area contributed by atoms with Gasteiger partial charge < -0.3 is 9.88 Å². The summed E-state index contributed by atoms with van der Waals surface area (Å²) in [5.74, 6) is 1.24. The van der Waals surface area contributed by atoms with Crippen molar-refractivity contribution in [1.29, 1.82) is 0 Å². The highest BCUT2D eigenvalue weighted by molar-refractivity contribution is 5.92. The zero-order valence-corrected chi connectivity index (χ0v) is 19.8. The number of hydrogen-bond donors (Lipinski definition) is 1. The van der Waals surface area contributed by atoms with Crippen LogP contribution >= 0.6 is 0 Å². The van der Waals surface area contributed by atoms with E-state index in [9.17, 15) is 4.79 Å². The summed E-state index contributed by atoms with van der Waals surface area (Å²) in [6, 6.07) is 20.4. The molecule has 4 aromatic rings. The maximum Gasteiger partial charge on any atom is 0.227 e. The first-order valence-electron chi connectivity index (χ1n) is 11.9. The molecule has 0 atom stereocenters. The van der Waals surface area contributed by atoms with Crippen molar-refractivity contribution in [2.75, 3.05) is 18.4 Å². The van der Waals surface area contributed by atoms with Crippen LogP contribution in [0.15, 0.2) is 79.3 Å². The van der Waals surface area contributed by atoms with Gasteiger partial charge >= 0.3 is 0 Å². The molecule has 1 amide bonds. The Labute approximate surface area is 200 Å². The van der Waals surface area contributed by atoms with Crippen molar-refractivity contribution in [3.05, 3.63) is 95.9 Å². The van der Waals surface area contributed by atoms with Gasteiger partial charge in [0.2, 0.25) is 5.91 Å². The van der Waals surface area contributed by atoms with Crippen molar-refractivity contribution < 1.29 is 4.79 Å². The lowest BCUT2D eigenvalue weighted by atomic mass is 9.95. The Kier molecular flexibility index (Phi) is 6.32. The van der Waals surface area contributed by atoms with Crippen LogP contribution in [0.3, 0.4) is 0 Å². The number of likely N-dealkylation sites (tertiary alicyclic amines) is 1. The van der Waals surface area contributed by atoms with Gasteiger partial charge in [0.15, 0.2) is 0 Å². The van der Waals surface area contributed by atoms with Gasteiger partial charge in [-0.2, -0.15) is 5.10 Å². The molecule has 6 nitrogen and oxygen atoms in total. The number of aryl methyl sites for hydroxylation is 2. The van der Waals surface area contributed by atoms with Gasteiger partial charge in [-0.1, -0.05) is 24.3 Å². The van der Waals surface area contributed by atoms with E-state index in [0.717, 1.165) is 49.7 Å². The van der Waals surface area contributed by atoms with Crippen LogP contribution in [0, 0.1) is 19.8 Å². The molecule has 174 valence electrons. The lowest BCUT2D eigenvalue weighted by Crippen LogP contribution is -2.37. The number of nitrogens with one attached hydrogen (secondary N) is 1. The van der Waals surface area contributed by atoms with Crippen LogP contribution in [0.5, 0.6) is 0 Å². The normalized spacial score (nSPS) is 14.9. The molecule has 1 saturated heterocycles. The van der Waals surface area contributed by atoms with E-state index in [2.05, 4.69) is 65.3 Å². The second kappa shape index (κ2) is 9.69. The molecule has 0 saturated carbocycles. The van der Waals surface area contributed by atoms with Crippen LogP contribution in [0.2, 0.25) is 0 Å². The fourth-order valence-electron chi connectivity index (χ4n) is 4.65. The number of hydrogen-bond acceptors (Lipinski definition) is 3. The van der Waals surface area contributed by atoms with Gasteiger partial charge in [0.25, 0.3) is 0 Å². The summed E-state index contributed by atoms with van der Waals surface area (Å²) in [4.78, 5) is 15.3.